The highest BCUT2D eigenvalue weighted by Gasteiger charge is 2.20. The summed E-state index contributed by atoms with van der Waals surface area (Å²) in [4.78, 5) is 12.3. The van der Waals surface area contributed by atoms with E-state index in [-0.39, 0.29) is 24.0 Å². The van der Waals surface area contributed by atoms with E-state index in [2.05, 4.69) is 29.6 Å². The van der Waals surface area contributed by atoms with Gasteiger partial charge in [0, 0.05) is 18.8 Å². The van der Waals surface area contributed by atoms with Crippen LogP contribution in [0.1, 0.15) is 37.9 Å². The van der Waals surface area contributed by atoms with E-state index < -0.39 is 0 Å². The number of methoxy groups -OCH3 is 1. The van der Waals surface area contributed by atoms with Crippen LogP contribution in [0.4, 0.5) is 0 Å². The maximum Gasteiger partial charge on any atom is 0.237 e. The highest BCUT2D eigenvalue weighted by molar-refractivity contribution is 5.81. The number of amides is 1. The van der Waals surface area contributed by atoms with Crippen LogP contribution in [-0.4, -0.2) is 34.9 Å². The average Bonchev–Trinajstić information content (AvgIpc) is 3.05. The van der Waals surface area contributed by atoms with Crippen LogP contribution in [0.15, 0.2) is 36.7 Å². The number of ether oxygens (including phenoxy) is 1. The number of nitrogens with one attached hydrogen (secondary N) is 2. The molecule has 0 saturated heterocycles. The van der Waals surface area contributed by atoms with Crippen LogP contribution in [0.25, 0.3) is 0 Å². The minimum absolute atomic E-state index is 0.0292. The Bertz CT molecular complexity index is 698. The van der Waals surface area contributed by atoms with E-state index >= 15 is 0 Å². The Morgan fingerprint density at radius 1 is 1.32 bits per heavy atom. The lowest BCUT2D eigenvalue weighted by Gasteiger charge is -2.25. The molecule has 0 saturated carbocycles. The summed E-state index contributed by atoms with van der Waals surface area (Å²) < 4.78 is 7.12. The molecule has 6 heteroatoms. The molecule has 2 rings (SSSR count). The maximum atomic E-state index is 12.3. The van der Waals surface area contributed by atoms with Gasteiger partial charge in [0.1, 0.15) is 5.75 Å². The van der Waals surface area contributed by atoms with E-state index in [0.717, 1.165) is 16.9 Å². The molecule has 1 amide bonds. The van der Waals surface area contributed by atoms with Crippen molar-refractivity contribution in [1.29, 1.82) is 0 Å². The van der Waals surface area contributed by atoms with Crippen molar-refractivity contribution >= 4 is 5.91 Å². The summed E-state index contributed by atoms with van der Waals surface area (Å²) in [6, 6.07) is 7.65. The average molecular weight is 344 g/mol. The van der Waals surface area contributed by atoms with Gasteiger partial charge in [0.05, 0.1) is 25.4 Å². The molecule has 0 unspecified atom stereocenters. The normalized spacial score (nSPS) is 14.6. The molecular formula is C19H28N4O2. The van der Waals surface area contributed by atoms with E-state index in [1.54, 1.807) is 7.11 Å². The number of benzene rings is 1. The summed E-state index contributed by atoms with van der Waals surface area (Å²) in [5, 5.41) is 10.7. The third-order valence-corrected chi connectivity index (χ3v) is 4.38. The molecule has 3 atom stereocenters. The van der Waals surface area contributed by atoms with E-state index in [1.807, 2.05) is 55.2 Å². The van der Waals surface area contributed by atoms with E-state index in [4.69, 9.17) is 4.74 Å². The molecule has 25 heavy (non-hydrogen) atoms. The van der Waals surface area contributed by atoms with Gasteiger partial charge in [0.2, 0.25) is 5.91 Å². The Balaban J connectivity index is 1.84. The molecule has 1 heterocycles. The lowest BCUT2D eigenvalue weighted by molar-refractivity contribution is -0.123. The van der Waals surface area contributed by atoms with Crippen molar-refractivity contribution in [2.75, 3.05) is 7.11 Å². The number of rotatable bonds is 8. The highest BCUT2D eigenvalue weighted by atomic mass is 16.5. The van der Waals surface area contributed by atoms with Gasteiger partial charge in [0.25, 0.3) is 0 Å². The van der Waals surface area contributed by atoms with Crippen LogP contribution in [0.5, 0.6) is 5.75 Å². The lowest BCUT2D eigenvalue weighted by Crippen LogP contribution is -2.47. The van der Waals surface area contributed by atoms with Crippen molar-refractivity contribution in [2.24, 2.45) is 0 Å². The number of hydrogen-bond acceptors (Lipinski definition) is 4. The topological polar surface area (TPSA) is 68.2 Å². The van der Waals surface area contributed by atoms with Crippen LogP contribution >= 0.6 is 0 Å². The van der Waals surface area contributed by atoms with Crippen LogP contribution in [0.3, 0.4) is 0 Å². The molecule has 6 nitrogen and oxygen atoms in total. The smallest absolute Gasteiger partial charge is 0.237 e. The van der Waals surface area contributed by atoms with Gasteiger partial charge in [-0.15, -0.1) is 0 Å². The van der Waals surface area contributed by atoms with Gasteiger partial charge >= 0.3 is 0 Å². The number of aromatic nitrogens is 2. The second kappa shape index (κ2) is 8.67. The molecular weight excluding hydrogens is 316 g/mol. The maximum absolute atomic E-state index is 12.3. The van der Waals surface area contributed by atoms with Crippen LogP contribution < -0.4 is 15.4 Å². The minimum Gasteiger partial charge on any atom is -0.497 e. The van der Waals surface area contributed by atoms with Gasteiger partial charge in [0.15, 0.2) is 0 Å². The molecule has 1 aromatic carbocycles. The van der Waals surface area contributed by atoms with Gasteiger partial charge in [-0.25, -0.2) is 0 Å². The molecule has 0 radical (unpaired) electrons. The van der Waals surface area contributed by atoms with Crippen LogP contribution in [0, 0.1) is 6.92 Å². The van der Waals surface area contributed by atoms with E-state index in [1.165, 1.54) is 0 Å². The zero-order valence-electron chi connectivity index (χ0n) is 15.6. The Morgan fingerprint density at radius 3 is 2.72 bits per heavy atom. The zero-order valence-corrected chi connectivity index (χ0v) is 15.6. The molecule has 2 N–H and O–H groups in total. The predicted octanol–water partition coefficient (Wildman–Crippen LogP) is 2.44. The molecule has 136 valence electrons. The number of nitrogens with zero attached hydrogens (tertiary/aromatic N) is 2. The molecule has 0 spiro atoms. The molecule has 1 aromatic heterocycles. The van der Waals surface area contributed by atoms with Crippen molar-refractivity contribution in [3.8, 4) is 5.75 Å². The largest absolute Gasteiger partial charge is 0.497 e. The Kier molecular flexibility index (Phi) is 6.58. The molecule has 0 bridgehead atoms. The third-order valence-electron chi connectivity index (χ3n) is 4.38. The van der Waals surface area contributed by atoms with E-state index in [9.17, 15) is 4.79 Å². The molecule has 0 aliphatic carbocycles. The fourth-order valence-electron chi connectivity index (χ4n) is 2.62. The number of carbonyl (C=O) groups is 1. The fourth-order valence-corrected chi connectivity index (χ4v) is 2.62. The predicted molar refractivity (Wildman–Crippen MR) is 98.6 cm³/mol. The number of hydrogen-bond donors (Lipinski definition) is 2. The summed E-state index contributed by atoms with van der Waals surface area (Å²) >= 11 is 0. The first-order chi connectivity index (χ1) is 11.9. The molecule has 0 aliphatic rings. The van der Waals surface area contributed by atoms with Gasteiger partial charge in [-0.05, 0) is 51.0 Å². The second-order valence-electron chi connectivity index (χ2n) is 6.48. The van der Waals surface area contributed by atoms with Gasteiger partial charge in [-0.3, -0.25) is 9.48 Å². The van der Waals surface area contributed by atoms with Crippen molar-refractivity contribution < 1.29 is 9.53 Å². The van der Waals surface area contributed by atoms with Crippen LogP contribution in [-0.2, 0) is 11.3 Å². The quantitative estimate of drug-likeness (QED) is 0.772. The lowest BCUT2D eigenvalue weighted by atomic mass is 10.1. The second-order valence-corrected chi connectivity index (χ2v) is 6.48. The monoisotopic (exact) mass is 344 g/mol. The Morgan fingerprint density at radius 2 is 2.08 bits per heavy atom. The first-order valence-corrected chi connectivity index (χ1v) is 8.58. The Labute approximate surface area is 149 Å². The number of carbonyl (C=O) groups excluding carboxylic acids is 1. The fraction of sp³-hybridized carbons (Fsp3) is 0.474. The van der Waals surface area contributed by atoms with Gasteiger partial charge in [-0.2, -0.15) is 5.10 Å². The summed E-state index contributed by atoms with van der Waals surface area (Å²) in [5.74, 6) is 0.758. The summed E-state index contributed by atoms with van der Waals surface area (Å²) in [7, 11) is 1.63. The van der Waals surface area contributed by atoms with Crippen LogP contribution in [0.2, 0.25) is 0 Å². The van der Waals surface area contributed by atoms with Crippen molar-refractivity contribution in [3.63, 3.8) is 0 Å². The molecule has 2 aromatic rings. The van der Waals surface area contributed by atoms with Crippen molar-refractivity contribution in [1.82, 2.24) is 20.4 Å². The zero-order chi connectivity index (χ0) is 18.4. The summed E-state index contributed by atoms with van der Waals surface area (Å²) in [6.07, 6.45) is 3.85. The van der Waals surface area contributed by atoms with Crippen molar-refractivity contribution in [3.05, 3.63) is 47.8 Å². The summed E-state index contributed by atoms with van der Waals surface area (Å²) in [6.45, 7) is 8.52. The highest BCUT2D eigenvalue weighted by Crippen LogP contribution is 2.13. The standard InChI is InChI=1S/C19H28N4O2/c1-13-10-21-23(12-13)16(4)14(2)22-15(3)19(24)20-11-17-7-6-8-18(9-17)25-5/h6-10,12,14-16,22H,11H2,1-5H3,(H,20,24)/t14-,15+,16+/m1/s1. The van der Waals surface area contributed by atoms with Gasteiger partial charge in [-0.1, -0.05) is 12.1 Å². The molecule has 0 fully saturated rings. The first kappa shape index (κ1) is 19.0. The van der Waals surface area contributed by atoms with Crippen molar-refractivity contribution in [2.45, 2.75) is 52.4 Å². The SMILES string of the molecule is COc1cccc(CNC(=O)[C@H](C)N[C@H](C)[C@H](C)n2cc(C)cn2)c1. The summed E-state index contributed by atoms with van der Waals surface area (Å²) in [5.41, 5.74) is 2.14. The number of aryl methyl sites for hydroxylation is 1. The molecule has 0 aliphatic heterocycles. The Hall–Kier alpha value is -2.34. The van der Waals surface area contributed by atoms with Gasteiger partial charge < -0.3 is 15.4 Å². The minimum atomic E-state index is -0.292. The van der Waals surface area contributed by atoms with E-state index in [0.29, 0.717) is 6.54 Å². The third kappa shape index (κ3) is 5.32. The first-order valence-electron chi connectivity index (χ1n) is 8.58.